The SMILES string of the molecule is C=C(CCc1ccccc1)C(C(C)C)N(Cc1ccc(-c2ccccc2C#N)cc1)C(=C)CCC1(C)CCCO1. The lowest BCUT2D eigenvalue weighted by Crippen LogP contribution is -2.39. The molecule has 1 heterocycles. The molecule has 2 unspecified atom stereocenters. The van der Waals surface area contributed by atoms with Crippen molar-refractivity contribution in [2.45, 2.75) is 77.5 Å². The number of rotatable bonds is 13. The smallest absolute Gasteiger partial charge is 0.0998 e. The van der Waals surface area contributed by atoms with E-state index in [4.69, 9.17) is 4.74 Å². The van der Waals surface area contributed by atoms with Crippen LogP contribution in [0.3, 0.4) is 0 Å². The Labute approximate surface area is 241 Å². The van der Waals surface area contributed by atoms with Gasteiger partial charge < -0.3 is 9.64 Å². The Bertz CT molecular complexity index is 1310. The Morgan fingerprint density at radius 1 is 0.950 bits per heavy atom. The molecule has 0 radical (unpaired) electrons. The van der Waals surface area contributed by atoms with Gasteiger partial charge in [0.05, 0.1) is 23.3 Å². The zero-order valence-corrected chi connectivity index (χ0v) is 24.5. The highest BCUT2D eigenvalue weighted by Crippen LogP contribution is 2.34. The van der Waals surface area contributed by atoms with Crippen molar-refractivity contribution in [3.05, 3.63) is 120 Å². The third-order valence-electron chi connectivity index (χ3n) is 8.28. The lowest BCUT2D eigenvalue weighted by molar-refractivity contribution is 0.0117. The molecule has 1 fully saturated rings. The number of nitriles is 1. The van der Waals surface area contributed by atoms with E-state index in [0.717, 1.165) is 68.5 Å². The molecule has 0 N–H and O–H groups in total. The Morgan fingerprint density at radius 2 is 1.65 bits per heavy atom. The Kier molecular flexibility index (Phi) is 10.0. The summed E-state index contributed by atoms with van der Waals surface area (Å²) in [5.74, 6) is 0.389. The van der Waals surface area contributed by atoms with Gasteiger partial charge in [-0.3, -0.25) is 0 Å². The topological polar surface area (TPSA) is 36.3 Å². The number of hydrogen-bond donors (Lipinski definition) is 0. The standard InChI is InChI=1S/C37H44N2O/c1-28(2)36(29(3)16-17-31-12-7-6-8-13-31)39(30(4)22-24-37(5)23-11-25-40-37)27-32-18-20-33(21-19-32)35-15-10-9-14-34(35)26-38/h6-10,12-15,18-21,28,36H,3-4,11,16-17,22-25,27H2,1-2,5H3. The van der Waals surface area contributed by atoms with Crippen LogP contribution in [-0.4, -0.2) is 23.1 Å². The van der Waals surface area contributed by atoms with Crippen molar-refractivity contribution in [3.8, 4) is 17.2 Å². The van der Waals surface area contributed by atoms with E-state index in [1.165, 1.54) is 16.7 Å². The average Bonchev–Trinajstić information content (AvgIpc) is 3.41. The molecule has 208 valence electrons. The molecule has 2 atom stereocenters. The first-order chi connectivity index (χ1) is 19.3. The minimum absolute atomic E-state index is 0.0535. The van der Waals surface area contributed by atoms with Crippen LogP contribution in [0.1, 0.15) is 69.6 Å². The van der Waals surface area contributed by atoms with E-state index in [1.54, 1.807) is 0 Å². The van der Waals surface area contributed by atoms with Gasteiger partial charge in [0.15, 0.2) is 0 Å². The molecular weight excluding hydrogens is 488 g/mol. The number of nitrogens with zero attached hydrogens (tertiary/aromatic N) is 2. The summed E-state index contributed by atoms with van der Waals surface area (Å²) in [5, 5.41) is 9.56. The first-order valence-corrected chi connectivity index (χ1v) is 14.7. The number of allylic oxidation sites excluding steroid dienone is 1. The second kappa shape index (κ2) is 13.6. The molecule has 1 aliphatic rings. The number of benzene rings is 3. The van der Waals surface area contributed by atoms with Crippen molar-refractivity contribution >= 4 is 0 Å². The first-order valence-electron chi connectivity index (χ1n) is 14.7. The predicted molar refractivity (Wildman–Crippen MR) is 167 cm³/mol. The molecule has 0 saturated carbocycles. The maximum atomic E-state index is 9.56. The minimum Gasteiger partial charge on any atom is -0.375 e. The zero-order chi connectivity index (χ0) is 28.5. The number of ether oxygens (including phenoxy) is 1. The molecule has 4 rings (SSSR count). The van der Waals surface area contributed by atoms with E-state index in [2.05, 4.69) is 99.5 Å². The molecule has 40 heavy (non-hydrogen) atoms. The van der Waals surface area contributed by atoms with Crippen LogP contribution in [0.4, 0.5) is 0 Å². The third-order valence-corrected chi connectivity index (χ3v) is 8.28. The molecule has 0 aliphatic carbocycles. The van der Waals surface area contributed by atoms with Gasteiger partial charge in [-0.2, -0.15) is 5.26 Å². The molecule has 0 bridgehead atoms. The summed E-state index contributed by atoms with van der Waals surface area (Å²) < 4.78 is 6.11. The Balaban J connectivity index is 1.56. The zero-order valence-electron chi connectivity index (χ0n) is 24.5. The summed E-state index contributed by atoms with van der Waals surface area (Å²) in [6.07, 6.45) is 6.07. The fourth-order valence-electron chi connectivity index (χ4n) is 5.96. The van der Waals surface area contributed by atoms with Crippen molar-refractivity contribution in [2.24, 2.45) is 5.92 Å². The van der Waals surface area contributed by atoms with Crippen LogP contribution in [0.2, 0.25) is 0 Å². The quantitative estimate of drug-likeness (QED) is 0.206. The average molecular weight is 533 g/mol. The van der Waals surface area contributed by atoms with E-state index in [1.807, 2.05) is 24.3 Å². The summed E-state index contributed by atoms with van der Waals surface area (Å²) in [6.45, 7) is 17.7. The summed E-state index contributed by atoms with van der Waals surface area (Å²) in [6, 6.07) is 29.6. The highest BCUT2D eigenvalue weighted by Gasteiger charge is 2.31. The Morgan fingerprint density at radius 3 is 2.30 bits per heavy atom. The normalized spacial score (nSPS) is 17.4. The van der Waals surface area contributed by atoms with Crippen LogP contribution in [0, 0.1) is 17.2 Å². The molecule has 0 spiro atoms. The van der Waals surface area contributed by atoms with Crippen LogP contribution < -0.4 is 0 Å². The second-order valence-corrected chi connectivity index (χ2v) is 11.8. The van der Waals surface area contributed by atoms with Gasteiger partial charge in [-0.15, -0.1) is 0 Å². The van der Waals surface area contributed by atoms with Crippen LogP contribution >= 0.6 is 0 Å². The lowest BCUT2D eigenvalue weighted by Gasteiger charge is -2.40. The summed E-state index contributed by atoms with van der Waals surface area (Å²) in [5.41, 5.74) is 7.64. The maximum absolute atomic E-state index is 9.56. The highest BCUT2D eigenvalue weighted by atomic mass is 16.5. The van der Waals surface area contributed by atoms with Gasteiger partial charge in [-0.05, 0) is 79.7 Å². The van der Waals surface area contributed by atoms with E-state index >= 15 is 0 Å². The molecule has 0 amide bonds. The van der Waals surface area contributed by atoms with E-state index < -0.39 is 0 Å². The fraction of sp³-hybridized carbons (Fsp3) is 0.378. The first kappa shape index (κ1) is 29.4. The predicted octanol–water partition coefficient (Wildman–Crippen LogP) is 9.10. The van der Waals surface area contributed by atoms with Gasteiger partial charge in [0, 0.05) is 18.8 Å². The van der Waals surface area contributed by atoms with Gasteiger partial charge >= 0.3 is 0 Å². The van der Waals surface area contributed by atoms with Gasteiger partial charge in [-0.1, -0.05) is 105 Å². The van der Waals surface area contributed by atoms with E-state index in [-0.39, 0.29) is 11.6 Å². The van der Waals surface area contributed by atoms with Crippen molar-refractivity contribution < 1.29 is 4.74 Å². The summed E-state index contributed by atoms with van der Waals surface area (Å²) in [7, 11) is 0. The van der Waals surface area contributed by atoms with Crippen molar-refractivity contribution in [3.63, 3.8) is 0 Å². The highest BCUT2D eigenvalue weighted by molar-refractivity contribution is 5.70. The second-order valence-electron chi connectivity index (χ2n) is 11.8. The van der Waals surface area contributed by atoms with Crippen LogP contribution in [0.25, 0.3) is 11.1 Å². The van der Waals surface area contributed by atoms with Gasteiger partial charge in [0.2, 0.25) is 0 Å². The van der Waals surface area contributed by atoms with Crippen molar-refractivity contribution in [2.75, 3.05) is 6.61 Å². The van der Waals surface area contributed by atoms with Gasteiger partial charge in [-0.25, -0.2) is 0 Å². The van der Waals surface area contributed by atoms with Gasteiger partial charge in [0.1, 0.15) is 0 Å². The monoisotopic (exact) mass is 532 g/mol. The maximum Gasteiger partial charge on any atom is 0.0998 e. The summed E-state index contributed by atoms with van der Waals surface area (Å²) >= 11 is 0. The van der Waals surface area contributed by atoms with Crippen molar-refractivity contribution in [1.29, 1.82) is 5.26 Å². The molecule has 0 aromatic heterocycles. The summed E-state index contributed by atoms with van der Waals surface area (Å²) in [4.78, 5) is 2.49. The minimum atomic E-state index is -0.0535. The van der Waals surface area contributed by atoms with Crippen LogP contribution in [-0.2, 0) is 17.7 Å². The van der Waals surface area contributed by atoms with Crippen molar-refractivity contribution in [1.82, 2.24) is 4.90 Å². The molecule has 1 saturated heterocycles. The van der Waals surface area contributed by atoms with E-state index in [0.29, 0.717) is 11.5 Å². The van der Waals surface area contributed by atoms with Crippen LogP contribution in [0.5, 0.6) is 0 Å². The molecule has 3 aromatic carbocycles. The molecule has 1 aliphatic heterocycles. The largest absolute Gasteiger partial charge is 0.375 e. The number of aryl methyl sites for hydroxylation is 1. The molecule has 3 nitrogen and oxygen atoms in total. The fourth-order valence-corrected chi connectivity index (χ4v) is 5.96. The molecule has 3 aromatic rings. The molecular formula is C37H44N2O. The number of hydrogen-bond acceptors (Lipinski definition) is 3. The lowest BCUT2D eigenvalue weighted by atomic mass is 9.89. The van der Waals surface area contributed by atoms with Gasteiger partial charge in [0.25, 0.3) is 0 Å². The third kappa shape index (κ3) is 7.52. The molecule has 3 heteroatoms. The van der Waals surface area contributed by atoms with Crippen LogP contribution in [0.15, 0.2) is 103 Å². The Hall–Kier alpha value is -3.61. The van der Waals surface area contributed by atoms with E-state index in [9.17, 15) is 5.26 Å².